The second-order valence-electron chi connectivity index (χ2n) is 7.68. The Bertz CT molecular complexity index is 1030. The van der Waals surface area contributed by atoms with Crippen LogP contribution in [0.15, 0.2) is 60.7 Å². The molecule has 1 heterocycles. The number of carbonyl (C=O) groups is 1. The summed E-state index contributed by atoms with van der Waals surface area (Å²) in [5.74, 6) is 0.434. The van der Waals surface area contributed by atoms with Crippen molar-refractivity contribution in [3.63, 3.8) is 0 Å². The van der Waals surface area contributed by atoms with Crippen molar-refractivity contribution < 1.29 is 14.8 Å². The number of fused-ring (bicyclic) bond motifs is 1. The van der Waals surface area contributed by atoms with Gasteiger partial charge in [-0.2, -0.15) is 0 Å². The SMILES string of the molecule is NCc1cccc(C2CCN(C(=O)c3cccc4ccc(B(O)O)cc34)CC2)c1. The van der Waals surface area contributed by atoms with Crippen molar-refractivity contribution in [2.75, 3.05) is 13.1 Å². The fraction of sp³-hybridized carbons (Fsp3) is 0.261. The highest BCUT2D eigenvalue weighted by Gasteiger charge is 2.26. The highest BCUT2D eigenvalue weighted by Crippen LogP contribution is 2.30. The smallest absolute Gasteiger partial charge is 0.423 e. The number of nitrogens with two attached hydrogens (primary N) is 1. The minimum atomic E-state index is -1.55. The van der Waals surface area contributed by atoms with Crippen LogP contribution in [0.3, 0.4) is 0 Å². The number of likely N-dealkylation sites (tertiary alicyclic amines) is 1. The lowest BCUT2D eigenvalue weighted by Crippen LogP contribution is -2.38. The molecular formula is C23H25BN2O3. The van der Waals surface area contributed by atoms with Crippen LogP contribution in [0, 0.1) is 0 Å². The van der Waals surface area contributed by atoms with Crippen molar-refractivity contribution in [3.05, 3.63) is 77.4 Å². The molecular weight excluding hydrogens is 363 g/mol. The number of nitrogens with zero attached hydrogens (tertiary/aromatic N) is 1. The van der Waals surface area contributed by atoms with Gasteiger partial charge in [0.15, 0.2) is 0 Å². The molecule has 6 heteroatoms. The molecule has 1 aliphatic heterocycles. The summed E-state index contributed by atoms with van der Waals surface area (Å²) in [5.41, 5.74) is 9.19. The van der Waals surface area contributed by atoms with Crippen LogP contribution < -0.4 is 11.2 Å². The van der Waals surface area contributed by atoms with Gasteiger partial charge < -0.3 is 20.7 Å². The first-order valence-corrected chi connectivity index (χ1v) is 10.0. The highest BCUT2D eigenvalue weighted by atomic mass is 16.4. The van der Waals surface area contributed by atoms with Crippen LogP contribution in [0.2, 0.25) is 0 Å². The normalized spacial score (nSPS) is 14.9. The molecule has 0 atom stereocenters. The van der Waals surface area contributed by atoms with Crippen LogP contribution in [0.25, 0.3) is 10.8 Å². The lowest BCUT2D eigenvalue weighted by atomic mass is 9.79. The number of benzene rings is 3. The molecule has 1 saturated heterocycles. The van der Waals surface area contributed by atoms with Crippen LogP contribution >= 0.6 is 0 Å². The quantitative estimate of drug-likeness (QED) is 0.597. The van der Waals surface area contributed by atoms with Crippen LogP contribution in [0.1, 0.15) is 40.2 Å². The third-order valence-electron chi connectivity index (χ3n) is 5.88. The maximum absolute atomic E-state index is 13.2. The van der Waals surface area contributed by atoms with Gasteiger partial charge in [-0.05, 0) is 52.2 Å². The van der Waals surface area contributed by atoms with Crippen molar-refractivity contribution in [2.24, 2.45) is 5.73 Å². The molecule has 3 aromatic rings. The van der Waals surface area contributed by atoms with E-state index in [0.717, 1.165) is 29.2 Å². The zero-order valence-corrected chi connectivity index (χ0v) is 16.3. The van der Waals surface area contributed by atoms with E-state index in [2.05, 4.69) is 18.2 Å². The molecule has 1 aliphatic rings. The fourth-order valence-electron chi connectivity index (χ4n) is 4.20. The summed E-state index contributed by atoms with van der Waals surface area (Å²) in [7, 11) is -1.55. The van der Waals surface area contributed by atoms with E-state index in [1.807, 2.05) is 35.2 Å². The first-order valence-electron chi connectivity index (χ1n) is 10.0. The van der Waals surface area contributed by atoms with Crippen LogP contribution in [0.5, 0.6) is 0 Å². The van der Waals surface area contributed by atoms with E-state index in [-0.39, 0.29) is 5.91 Å². The van der Waals surface area contributed by atoms with Crippen molar-refractivity contribution >= 4 is 29.3 Å². The number of hydrogen-bond donors (Lipinski definition) is 3. The Hall–Kier alpha value is -2.67. The van der Waals surface area contributed by atoms with E-state index >= 15 is 0 Å². The van der Waals surface area contributed by atoms with Gasteiger partial charge in [0.05, 0.1) is 0 Å². The van der Waals surface area contributed by atoms with Gasteiger partial charge in [0.25, 0.3) is 5.91 Å². The second kappa shape index (κ2) is 8.37. The zero-order chi connectivity index (χ0) is 20.4. The molecule has 0 aromatic heterocycles. The van der Waals surface area contributed by atoms with E-state index in [9.17, 15) is 14.8 Å². The second-order valence-corrected chi connectivity index (χ2v) is 7.68. The monoisotopic (exact) mass is 388 g/mol. The lowest BCUT2D eigenvalue weighted by Gasteiger charge is -2.32. The Kier molecular flexibility index (Phi) is 5.67. The summed E-state index contributed by atoms with van der Waals surface area (Å²) in [6.45, 7) is 1.95. The molecule has 0 unspecified atom stereocenters. The van der Waals surface area contributed by atoms with Crippen LogP contribution in [-0.2, 0) is 6.54 Å². The average Bonchev–Trinajstić information content (AvgIpc) is 2.78. The number of rotatable bonds is 4. The summed E-state index contributed by atoms with van der Waals surface area (Å²) in [4.78, 5) is 15.1. The van der Waals surface area contributed by atoms with E-state index in [1.165, 1.54) is 5.56 Å². The predicted molar refractivity (Wildman–Crippen MR) is 116 cm³/mol. The molecule has 1 fully saturated rings. The maximum atomic E-state index is 13.2. The summed E-state index contributed by atoms with van der Waals surface area (Å²) in [6.07, 6.45) is 1.84. The predicted octanol–water partition coefficient (Wildman–Crippen LogP) is 2.00. The average molecular weight is 388 g/mol. The summed E-state index contributed by atoms with van der Waals surface area (Å²) >= 11 is 0. The van der Waals surface area contributed by atoms with Gasteiger partial charge in [-0.25, -0.2) is 0 Å². The Balaban J connectivity index is 1.53. The van der Waals surface area contributed by atoms with Gasteiger partial charge in [0.2, 0.25) is 0 Å². The minimum Gasteiger partial charge on any atom is -0.423 e. The Morgan fingerprint density at radius 1 is 1.03 bits per heavy atom. The van der Waals surface area contributed by atoms with Gasteiger partial charge in [0.1, 0.15) is 0 Å². The Labute approximate surface area is 170 Å². The molecule has 5 nitrogen and oxygen atoms in total. The maximum Gasteiger partial charge on any atom is 0.488 e. The van der Waals surface area contributed by atoms with E-state index in [4.69, 9.17) is 5.73 Å². The van der Waals surface area contributed by atoms with E-state index in [0.29, 0.717) is 36.6 Å². The molecule has 3 aromatic carbocycles. The molecule has 0 aliphatic carbocycles. The lowest BCUT2D eigenvalue weighted by molar-refractivity contribution is 0.0715. The van der Waals surface area contributed by atoms with Crippen molar-refractivity contribution in [1.29, 1.82) is 0 Å². The van der Waals surface area contributed by atoms with Crippen LogP contribution in [0.4, 0.5) is 0 Å². The molecule has 0 radical (unpaired) electrons. The van der Waals surface area contributed by atoms with Crippen molar-refractivity contribution in [3.8, 4) is 0 Å². The van der Waals surface area contributed by atoms with E-state index < -0.39 is 7.12 Å². The molecule has 4 N–H and O–H groups in total. The largest absolute Gasteiger partial charge is 0.488 e. The van der Waals surface area contributed by atoms with Gasteiger partial charge in [0, 0.05) is 25.2 Å². The Morgan fingerprint density at radius 2 is 1.79 bits per heavy atom. The number of carbonyl (C=O) groups excluding carboxylic acids is 1. The van der Waals surface area contributed by atoms with Gasteiger partial charge in [-0.1, -0.05) is 54.6 Å². The number of piperidine rings is 1. The zero-order valence-electron chi connectivity index (χ0n) is 16.3. The standard InChI is InChI=1S/C23H25BN2O3/c25-15-16-3-1-5-19(13-16)17-9-11-26(12-10-17)23(27)21-6-2-4-18-7-8-20(24(28)29)14-22(18)21/h1-8,13-14,17,28-29H,9-12,15,25H2. The van der Waals surface area contributed by atoms with Crippen LogP contribution in [-0.4, -0.2) is 41.1 Å². The summed E-state index contributed by atoms with van der Waals surface area (Å²) in [5, 5.41) is 20.6. The molecule has 1 amide bonds. The highest BCUT2D eigenvalue weighted by molar-refractivity contribution is 6.59. The molecule has 0 bridgehead atoms. The summed E-state index contributed by atoms with van der Waals surface area (Å²) in [6, 6.07) is 19.2. The Morgan fingerprint density at radius 3 is 2.52 bits per heavy atom. The third kappa shape index (κ3) is 4.05. The van der Waals surface area contributed by atoms with Gasteiger partial charge in [-0.15, -0.1) is 0 Å². The third-order valence-corrected chi connectivity index (χ3v) is 5.88. The van der Waals surface area contributed by atoms with Gasteiger partial charge in [-0.3, -0.25) is 4.79 Å². The molecule has 0 spiro atoms. The first kappa shape index (κ1) is 19.6. The molecule has 148 valence electrons. The fourth-order valence-corrected chi connectivity index (χ4v) is 4.20. The number of amides is 1. The molecule has 29 heavy (non-hydrogen) atoms. The summed E-state index contributed by atoms with van der Waals surface area (Å²) < 4.78 is 0. The van der Waals surface area contributed by atoms with E-state index in [1.54, 1.807) is 12.1 Å². The number of hydrogen-bond acceptors (Lipinski definition) is 4. The minimum absolute atomic E-state index is 0.00524. The molecule has 4 rings (SSSR count). The van der Waals surface area contributed by atoms with Crippen molar-refractivity contribution in [2.45, 2.75) is 25.3 Å². The first-order chi connectivity index (χ1) is 14.1. The topological polar surface area (TPSA) is 86.8 Å². The van der Waals surface area contributed by atoms with Crippen molar-refractivity contribution in [1.82, 2.24) is 4.90 Å². The molecule has 0 saturated carbocycles. The van der Waals surface area contributed by atoms with Gasteiger partial charge >= 0.3 is 7.12 Å².